The number of hydrogen-bond acceptors (Lipinski definition) is 11. The maximum Gasteiger partial charge on any atom is 0.329 e. The second kappa shape index (κ2) is 13.7. The average molecular weight is 512 g/mol. The van der Waals surface area contributed by atoms with Gasteiger partial charge < -0.3 is 29.0 Å². The van der Waals surface area contributed by atoms with Crippen molar-refractivity contribution in [1.82, 2.24) is 5.32 Å². The second-order valence-corrected chi connectivity index (χ2v) is 8.81. The van der Waals surface area contributed by atoms with Crippen LogP contribution in [-0.2, 0) is 42.9 Å². The largest absolute Gasteiger partial charge is 0.467 e. The highest BCUT2D eigenvalue weighted by Gasteiger charge is 2.44. The van der Waals surface area contributed by atoms with E-state index in [0.29, 0.717) is 5.56 Å². The predicted molar refractivity (Wildman–Crippen MR) is 123 cm³/mol. The van der Waals surface area contributed by atoms with Crippen molar-refractivity contribution in [3.05, 3.63) is 35.9 Å². The number of carbonyl (C=O) groups excluding carboxylic acids is 5. The molecule has 0 spiro atoms. The number of carbonyl (C=O) groups is 5. The minimum Gasteiger partial charge on any atom is -0.467 e. The Morgan fingerprint density at radius 3 is 2.26 bits per heavy atom. The Bertz CT molecular complexity index is 909. The summed E-state index contributed by atoms with van der Waals surface area (Å²) in [5, 5.41) is 2.64. The Morgan fingerprint density at radius 1 is 1.03 bits per heavy atom. The van der Waals surface area contributed by atoms with E-state index >= 15 is 0 Å². The second-order valence-electron chi connectivity index (χ2n) is 7.61. The summed E-state index contributed by atoms with van der Waals surface area (Å²) in [6.07, 6.45) is -2.67. The first-order valence-corrected chi connectivity index (χ1v) is 11.8. The minimum absolute atomic E-state index is 0.0707. The maximum absolute atomic E-state index is 12.5. The molecule has 0 saturated carbocycles. The molecule has 11 nitrogen and oxygen atoms in total. The van der Waals surface area contributed by atoms with Crippen molar-refractivity contribution in [3.8, 4) is 0 Å². The Hall–Kier alpha value is -3.12. The molecule has 1 heterocycles. The monoisotopic (exact) mass is 511 g/mol. The molecule has 1 aliphatic heterocycles. The van der Waals surface area contributed by atoms with Gasteiger partial charge in [-0.1, -0.05) is 18.2 Å². The van der Waals surface area contributed by atoms with E-state index in [1.165, 1.54) is 39.6 Å². The highest BCUT2D eigenvalue weighted by atomic mass is 32.2. The zero-order valence-corrected chi connectivity index (χ0v) is 20.7. The van der Waals surface area contributed by atoms with Crippen LogP contribution in [0, 0.1) is 0 Å². The van der Waals surface area contributed by atoms with Gasteiger partial charge in [0.25, 0.3) is 5.91 Å². The zero-order chi connectivity index (χ0) is 26.0. The third kappa shape index (κ3) is 9.21. The van der Waals surface area contributed by atoms with Crippen molar-refractivity contribution >= 4 is 41.5 Å². The SMILES string of the molecule is COC(=O)C(CSC1CC(OC(C)=O)C(OC(C)=O)C(COC(C)=O)O1)NC(=O)c1ccccc1. The van der Waals surface area contributed by atoms with E-state index in [1.54, 1.807) is 30.3 Å². The fraction of sp³-hybridized carbons (Fsp3) is 0.522. The van der Waals surface area contributed by atoms with Crippen LogP contribution in [0.5, 0.6) is 0 Å². The number of ether oxygens (including phenoxy) is 5. The molecule has 0 aliphatic carbocycles. The molecule has 1 amide bonds. The highest BCUT2D eigenvalue weighted by molar-refractivity contribution is 7.99. The van der Waals surface area contributed by atoms with Gasteiger partial charge in [-0.15, -0.1) is 11.8 Å². The number of thioether (sulfide) groups is 1. The molecule has 5 unspecified atom stereocenters. The summed E-state index contributed by atoms with van der Waals surface area (Å²) in [6, 6.07) is 7.39. The molecule has 1 aromatic carbocycles. The average Bonchev–Trinajstić information content (AvgIpc) is 2.81. The van der Waals surface area contributed by atoms with Gasteiger partial charge in [0.1, 0.15) is 30.3 Å². The van der Waals surface area contributed by atoms with Gasteiger partial charge in [0.05, 0.1) is 7.11 Å². The molecule has 1 N–H and O–H groups in total. The van der Waals surface area contributed by atoms with Gasteiger partial charge in [0.15, 0.2) is 6.10 Å². The Labute approximate surface area is 207 Å². The standard InChI is InChI=1S/C23H29NO10S/c1-13(25)31-11-19-21(33-15(3)27)18(32-14(2)26)10-20(34-19)35-12-17(23(29)30-4)24-22(28)16-8-6-5-7-9-16/h5-9,17-21H,10-12H2,1-4H3,(H,24,28). The van der Waals surface area contributed by atoms with Crippen molar-refractivity contribution in [2.24, 2.45) is 0 Å². The molecule has 192 valence electrons. The number of benzene rings is 1. The molecule has 12 heteroatoms. The van der Waals surface area contributed by atoms with Crippen LogP contribution < -0.4 is 5.32 Å². The van der Waals surface area contributed by atoms with Crippen molar-refractivity contribution in [3.63, 3.8) is 0 Å². The van der Waals surface area contributed by atoms with E-state index in [1.807, 2.05) is 0 Å². The first-order valence-electron chi connectivity index (χ1n) is 10.8. The van der Waals surface area contributed by atoms with Crippen LogP contribution in [0.1, 0.15) is 37.6 Å². The van der Waals surface area contributed by atoms with Crippen LogP contribution in [0.3, 0.4) is 0 Å². The lowest BCUT2D eigenvalue weighted by molar-refractivity contribution is -0.204. The van der Waals surface area contributed by atoms with E-state index < -0.39 is 59.6 Å². The van der Waals surface area contributed by atoms with E-state index in [2.05, 4.69) is 5.32 Å². The van der Waals surface area contributed by atoms with E-state index in [0.717, 1.165) is 0 Å². The minimum atomic E-state index is -0.998. The summed E-state index contributed by atoms with van der Waals surface area (Å²) in [4.78, 5) is 59.5. The molecule has 5 atom stereocenters. The normalized spacial score (nSPS) is 22.3. The molecule has 2 rings (SSSR count). The zero-order valence-electron chi connectivity index (χ0n) is 19.9. The summed E-state index contributed by atoms with van der Waals surface area (Å²) in [6.45, 7) is 3.39. The van der Waals surface area contributed by atoms with Gasteiger partial charge in [-0.05, 0) is 12.1 Å². The van der Waals surface area contributed by atoms with Crippen LogP contribution in [-0.4, -0.2) is 79.0 Å². The summed E-state index contributed by atoms with van der Waals surface area (Å²) in [7, 11) is 1.21. The van der Waals surface area contributed by atoms with Gasteiger partial charge in [-0.25, -0.2) is 4.79 Å². The molecule has 1 saturated heterocycles. The predicted octanol–water partition coefficient (Wildman–Crippen LogP) is 1.23. The molecular formula is C23H29NO10S. The molecule has 0 bridgehead atoms. The Balaban J connectivity index is 2.14. The van der Waals surface area contributed by atoms with Gasteiger partial charge in [-0.3, -0.25) is 19.2 Å². The summed E-state index contributed by atoms with van der Waals surface area (Å²) in [5.74, 6) is -2.81. The number of nitrogens with one attached hydrogen (secondary N) is 1. The van der Waals surface area contributed by atoms with Gasteiger partial charge in [0.2, 0.25) is 0 Å². The van der Waals surface area contributed by atoms with Gasteiger partial charge in [0, 0.05) is 38.5 Å². The number of hydrogen-bond donors (Lipinski definition) is 1. The first kappa shape index (κ1) is 28.1. The quantitative estimate of drug-likeness (QED) is 0.358. The molecule has 1 fully saturated rings. The topological polar surface area (TPSA) is 144 Å². The van der Waals surface area contributed by atoms with Crippen LogP contribution in [0.25, 0.3) is 0 Å². The molecule has 35 heavy (non-hydrogen) atoms. The number of amides is 1. The van der Waals surface area contributed by atoms with Crippen molar-refractivity contribution in [2.75, 3.05) is 19.5 Å². The van der Waals surface area contributed by atoms with Gasteiger partial charge >= 0.3 is 23.9 Å². The van der Waals surface area contributed by atoms with Crippen molar-refractivity contribution < 1.29 is 47.7 Å². The third-order valence-electron chi connectivity index (χ3n) is 4.83. The fourth-order valence-corrected chi connectivity index (χ4v) is 4.52. The fourth-order valence-electron chi connectivity index (χ4n) is 3.35. The van der Waals surface area contributed by atoms with Crippen molar-refractivity contribution in [1.29, 1.82) is 0 Å². The van der Waals surface area contributed by atoms with E-state index in [9.17, 15) is 24.0 Å². The number of rotatable bonds is 10. The highest BCUT2D eigenvalue weighted by Crippen LogP contribution is 2.32. The number of esters is 4. The first-order chi connectivity index (χ1) is 16.6. The molecule has 0 radical (unpaired) electrons. The van der Waals surface area contributed by atoms with Crippen LogP contribution >= 0.6 is 11.8 Å². The summed E-state index contributed by atoms with van der Waals surface area (Å²) in [5.41, 5.74) is -0.270. The smallest absolute Gasteiger partial charge is 0.329 e. The van der Waals surface area contributed by atoms with Crippen LogP contribution in [0.4, 0.5) is 0 Å². The van der Waals surface area contributed by atoms with Crippen LogP contribution in [0.15, 0.2) is 30.3 Å². The van der Waals surface area contributed by atoms with E-state index in [4.69, 9.17) is 23.7 Å². The lowest BCUT2D eigenvalue weighted by Gasteiger charge is -2.40. The Morgan fingerprint density at radius 2 is 1.69 bits per heavy atom. The summed E-state index contributed by atoms with van der Waals surface area (Å²) >= 11 is 1.17. The molecule has 0 aromatic heterocycles. The Kier molecular flexibility index (Phi) is 11.0. The molecule has 1 aromatic rings. The molecule has 1 aliphatic rings. The van der Waals surface area contributed by atoms with Crippen molar-refractivity contribution in [2.45, 2.75) is 57.0 Å². The molecular weight excluding hydrogens is 482 g/mol. The van der Waals surface area contributed by atoms with Crippen LogP contribution in [0.2, 0.25) is 0 Å². The lowest BCUT2D eigenvalue weighted by atomic mass is 10.0. The maximum atomic E-state index is 12.5. The van der Waals surface area contributed by atoms with E-state index in [-0.39, 0.29) is 18.8 Å². The number of methoxy groups -OCH3 is 1. The lowest BCUT2D eigenvalue weighted by Crippen LogP contribution is -2.53. The third-order valence-corrected chi connectivity index (χ3v) is 6.03. The summed E-state index contributed by atoms with van der Waals surface area (Å²) < 4.78 is 26.5. The van der Waals surface area contributed by atoms with Gasteiger partial charge in [-0.2, -0.15) is 0 Å².